The van der Waals surface area contributed by atoms with Gasteiger partial charge in [-0.3, -0.25) is 9.59 Å². The molecule has 0 atom stereocenters. The number of rotatable bonds is 5. The number of anilines is 1. The molecule has 0 saturated carbocycles. The maximum atomic E-state index is 11.9. The Morgan fingerprint density at radius 2 is 1.75 bits per heavy atom. The minimum absolute atomic E-state index is 0.107. The van der Waals surface area contributed by atoms with E-state index in [0.717, 1.165) is 16.8 Å². The van der Waals surface area contributed by atoms with E-state index in [9.17, 15) is 9.59 Å². The summed E-state index contributed by atoms with van der Waals surface area (Å²) in [5, 5.41) is 5.59. The molecule has 2 rings (SSSR count). The number of nitrogens with one attached hydrogen (secondary N) is 2. The third-order valence-corrected chi connectivity index (χ3v) is 3.61. The standard InChI is InChI=1S/C20H22N2O2/c1-14-4-8-18(15(2)12-14)13-21-20(24)11-7-17-5-9-19(10-6-17)22-16(3)23/h4-12H,13H2,1-3H3,(H,21,24)(H,22,23)/b11-7+. The van der Waals surface area contributed by atoms with Crippen LogP contribution in [-0.2, 0) is 16.1 Å². The summed E-state index contributed by atoms with van der Waals surface area (Å²) in [7, 11) is 0. The Bertz CT molecular complexity index is 762. The molecule has 0 spiro atoms. The van der Waals surface area contributed by atoms with Gasteiger partial charge in [-0.25, -0.2) is 0 Å². The molecule has 2 aromatic rings. The fourth-order valence-corrected chi connectivity index (χ4v) is 2.34. The Labute approximate surface area is 142 Å². The molecular weight excluding hydrogens is 300 g/mol. The van der Waals surface area contributed by atoms with Crippen LogP contribution in [0.4, 0.5) is 5.69 Å². The normalized spacial score (nSPS) is 10.6. The van der Waals surface area contributed by atoms with Crippen LogP contribution in [0.25, 0.3) is 6.08 Å². The predicted octanol–water partition coefficient (Wildman–Crippen LogP) is 3.59. The average Bonchev–Trinajstić information content (AvgIpc) is 2.53. The molecule has 0 heterocycles. The highest BCUT2D eigenvalue weighted by Crippen LogP contribution is 2.11. The molecule has 2 amide bonds. The monoisotopic (exact) mass is 322 g/mol. The molecule has 0 aromatic heterocycles. The Morgan fingerprint density at radius 3 is 2.38 bits per heavy atom. The number of aryl methyl sites for hydroxylation is 2. The van der Waals surface area contributed by atoms with E-state index in [-0.39, 0.29) is 11.8 Å². The first-order valence-corrected chi connectivity index (χ1v) is 7.84. The van der Waals surface area contributed by atoms with Crippen LogP contribution >= 0.6 is 0 Å². The molecule has 2 aromatic carbocycles. The van der Waals surface area contributed by atoms with Gasteiger partial charge in [0.2, 0.25) is 11.8 Å². The maximum absolute atomic E-state index is 11.9. The summed E-state index contributed by atoms with van der Waals surface area (Å²) >= 11 is 0. The van der Waals surface area contributed by atoms with E-state index >= 15 is 0 Å². The van der Waals surface area contributed by atoms with Crippen molar-refractivity contribution < 1.29 is 9.59 Å². The van der Waals surface area contributed by atoms with Gasteiger partial charge >= 0.3 is 0 Å². The van der Waals surface area contributed by atoms with Crippen LogP contribution in [0.3, 0.4) is 0 Å². The lowest BCUT2D eigenvalue weighted by molar-refractivity contribution is -0.116. The van der Waals surface area contributed by atoms with Gasteiger partial charge < -0.3 is 10.6 Å². The van der Waals surface area contributed by atoms with Crippen LogP contribution in [0.15, 0.2) is 48.5 Å². The lowest BCUT2D eigenvalue weighted by Crippen LogP contribution is -2.20. The number of benzene rings is 2. The number of carbonyl (C=O) groups excluding carboxylic acids is 2. The Morgan fingerprint density at radius 1 is 1.04 bits per heavy atom. The summed E-state index contributed by atoms with van der Waals surface area (Å²) in [5.74, 6) is -0.245. The molecule has 4 nitrogen and oxygen atoms in total. The highest BCUT2D eigenvalue weighted by molar-refractivity contribution is 5.92. The molecule has 0 radical (unpaired) electrons. The van der Waals surface area contributed by atoms with Crippen molar-refractivity contribution in [3.05, 3.63) is 70.8 Å². The fraction of sp³-hybridized carbons (Fsp3) is 0.200. The molecule has 0 unspecified atom stereocenters. The number of carbonyl (C=O) groups is 2. The lowest BCUT2D eigenvalue weighted by Gasteiger charge is -2.07. The third-order valence-electron chi connectivity index (χ3n) is 3.61. The zero-order valence-electron chi connectivity index (χ0n) is 14.2. The van der Waals surface area contributed by atoms with Crippen LogP contribution in [0.2, 0.25) is 0 Å². The van der Waals surface area contributed by atoms with Gasteiger partial charge in [-0.05, 0) is 48.7 Å². The van der Waals surface area contributed by atoms with Gasteiger partial charge in [-0.2, -0.15) is 0 Å². The predicted molar refractivity (Wildman–Crippen MR) is 97.5 cm³/mol. The lowest BCUT2D eigenvalue weighted by atomic mass is 10.1. The minimum Gasteiger partial charge on any atom is -0.348 e. The van der Waals surface area contributed by atoms with Gasteiger partial charge in [0.05, 0.1) is 0 Å². The molecule has 0 saturated heterocycles. The fourth-order valence-electron chi connectivity index (χ4n) is 2.34. The first-order chi connectivity index (χ1) is 11.4. The van der Waals surface area contributed by atoms with Gasteiger partial charge in [-0.15, -0.1) is 0 Å². The van der Waals surface area contributed by atoms with Crippen molar-refractivity contribution in [3.63, 3.8) is 0 Å². The van der Waals surface area contributed by atoms with Crippen molar-refractivity contribution in [2.45, 2.75) is 27.3 Å². The van der Waals surface area contributed by atoms with Crippen LogP contribution in [0.5, 0.6) is 0 Å². The molecule has 0 aliphatic carbocycles. The molecule has 0 aliphatic heterocycles. The Hall–Kier alpha value is -2.88. The quantitative estimate of drug-likeness (QED) is 0.827. The first kappa shape index (κ1) is 17.5. The molecular formula is C20H22N2O2. The number of hydrogen-bond donors (Lipinski definition) is 2. The van der Waals surface area contributed by atoms with Crippen molar-refractivity contribution in [3.8, 4) is 0 Å². The largest absolute Gasteiger partial charge is 0.348 e. The van der Waals surface area contributed by atoms with Gasteiger partial charge in [0.25, 0.3) is 0 Å². The van der Waals surface area contributed by atoms with E-state index in [1.54, 1.807) is 18.2 Å². The van der Waals surface area contributed by atoms with Crippen LogP contribution in [-0.4, -0.2) is 11.8 Å². The Balaban J connectivity index is 1.89. The molecule has 124 valence electrons. The summed E-state index contributed by atoms with van der Waals surface area (Å²) in [5.41, 5.74) is 5.13. The molecule has 4 heteroatoms. The van der Waals surface area contributed by atoms with E-state index in [2.05, 4.69) is 23.6 Å². The molecule has 0 aliphatic rings. The van der Waals surface area contributed by atoms with Crippen molar-refractivity contribution in [1.82, 2.24) is 5.32 Å². The molecule has 24 heavy (non-hydrogen) atoms. The number of hydrogen-bond acceptors (Lipinski definition) is 2. The molecule has 0 fully saturated rings. The summed E-state index contributed by atoms with van der Waals surface area (Å²) in [6.45, 7) is 6.07. The zero-order chi connectivity index (χ0) is 17.5. The third kappa shape index (κ3) is 5.39. The second kappa shape index (κ2) is 8.11. The Kier molecular flexibility index (Phi) is 5.90. The number of amides is 2. The van der Waals surface area contributed by atoms with E-state index < -0.39 is 0 Å². The van der Waals surface area contributed by atoms with Crippen molar-refractivity contribution in [2.24, 2.45) is 0 Å². The van der Waals surface area contributed by atoms with Crippen molar-refractivity contribution in [1.29, 1.82) is 0 Å². The van der Waals surface area contributed by atoms with Gasteiger partial charge in [0, 0.05) is 25.2 Å². The summed E-state index contributed by atoms with van der Waals surface area (Å²) < 4.78 is 0. The van der Waals surface area contributed by atoms with Crippen molar-refractivity contribution in [2.75, 3.05) is 5.32 Å². The summed E-state index contributed by atoms with van der Waals surface area (Å²) in [6.07, 6.45) is 3.26. The summed E-state index contributed by atoms with van der Waals surface area (Å²) in [6, 6.07) is 13.5. The highest BCUT2D eigenvalue weighted by Gasteiger charge is 2.01. The van der Waals surface area contributed by atoms with Gasteiger partial charge in [0.15, 0.2) is 0 Å². The first-order valence-electron chi connectivity index (χ1n) is 7.84. The summed E-state index contributed by atoms with van der Waals surface area (Å²) in [4.78, 5) is 22.9. The van der Waals surface area contributed by atoms with Crippen LogP contribution in [0.1, 0.15) is 29.2 Å². The van der Waals surface area contributed by atoms with E-state index in [1.165, 1.54) is 24.1 Å². The second-order valence-electron chi connectivity index (χ2n) is 5.78. The highest BCUT2D eigenvalue weighted by atomic mass is 16.2. The smallest absolute Gasteiger partial charge is 0.244 e. The van der Waals surface area contributed by atoms with Gasteiger partial charge in [0.1, 0.15) is 0 Å². The minimum atomic E-state index is -0.138. The molecule has 2 N–H and O–H groups in total. The van der Waals surface area contributed by atoms with E-state index in [0.29, 0.717) is 6.54 Å². The van der Waals surface area contributed by atoms with Gasteiger partial charge in [-0.1, -0.05) is 35.9 Å². The molecule has 0 bridgehead atoms. The average molecular weight is 322 g/mol. The van der Waals surface area contributed by atoms with Crippen LogP contribution < -0.4 is 10.6 Å². The van der Waals surface area contributed by atoms with Crippen molar-refractivity contribution >= 4 is 23.6 Å². The zero-order valence-corrected chi connectivity index (χ0v) is 14.2. The second-order valence-corrected chi connectivity index (χ2v) is 5.78. The topological polar surface area (TPSA) is 58.2 Å². The van der Waals surface area contributed by atoms with E-state index in [4.69, 9.17) is 0 Å². The maximum Gasteiger partial charge on any atom is 0.244 e. The van der Waals surface area contributed by atoms with E-state index in [1.807, 2.05) is 31.2 Å². The van der Waals surface area contributed by atoms with Crippen LogP contribution in [0, 0.1) is 13.8 Å². The SMILES string of the molecule is CC(=O)Nc1ccc(/C=C/C(=O)NCc2ccc(C)cc2C)cc1.